The van der Waals surface area contributed by atoms with Gasteiger partial charge in [-0.15, -0.1) is 11.8 Å². The summed E-state index contributed by atoms with van der Waals surface area (Å²) in [6.07, 6.45) is 0. The van der Waals surface area contributed by atoms with Gasteiger partial charge < -0.3 is 0 Å². The molecule has 0 atom stereocenters. The lowest BCUT2D eigenvalue weighted by molar-refractivity contribution is -0.113. The number of benzene rings is 2. The highest BCUT2D eigenvalue weighted by Gasteiger charge is 2.42. The third-order valence-electron chi connectivity index (χ3n) is 3.05. The van der Waals surface area contributed by atoms with Gasteiger partial charge in [-0.05, 0) is 22.7 Å². The molecular weight excluding hydrogens is 288 g/mol. The van der Waals surface area contributed by atoms with Crippen molar-refractivity contribution < 1.29 is 4.79 Å². The summed E-state index contributed by atoms with van der Waals surface area (Å²) in [6.45, 7) is 4.15. The van der Waals surface area contributed by atoms with E-state index >= 15 is 0 Å². The predicted octanol–water partition coefficient (Wildman–Crippen LogP) is 4.84. The Bertz CT molecular complexity index is 527. The summed E-state index contributed by atoms with van der Waals surface area (Å²) in [5, 5.41) is -0.0771. The molecule has 1 nitrogen and oxygen atoms in total. The number of hydrogen-bond donors (Lipinski definition) is 0. The lowest BCUT2D eigenvalue weighted by atomic mass is 9.91. The molecule has 0 spiro atoms. The molecule has 2 aromatic rings. The Morgan fingerprint density at radius 3 is 1.65 bits per heavy atom. The van der Waals surface area contributed by atoms with Gasteiger partial charge in [-0.3, -0.25) is 4.79 Å². The first-order chi connectivity index (χ1) is 9.57. The molecule has 2 aromatic carbocycles. The van der Waals surface area contributed by atoms with Crippen molar-refractivity contribution >= 4 is 28.6 Å². The lowest BCUT2D eigenvalue weighted by Crippen LogP contribution is -2.32. The van der Waals surface area contributed by atoms with E-state index in [1.54, 1.807) is 11.8 Å². The van der Waals surface area contributed by atoms with Crippen LogP contribution in [-0.2, 0) is 9.54 Å². The van der Waals surface area contributed by atoms with Gasteiger partial charge >= 0.3 is 0 Å². The normalized spacial score (nSPS) is 11.6. The smallest absolute Gasteiger partial charge is 0.246 e. The summed E-state index contributed by atoms with van der Waals surface area (Å²) >= 11 is 7.63. The second kappa shape index (κ2) is 6.47. The third-order valence-corrected chi connectivity index (χ3v) is 4.93. The van der Waals surface area contributed by atoms with E-state index in [9.17, 15) is 4.79 Å². The van der Waals surface area contributed by atoms with Gasteiger partial charge in [-0.2, -0.15) is 0 Å². The number of halogens is 1. The van der Waals surface area contributed by atoms with Gasteiger partial charge in [0.25, 0.3) is 0 Å². The predicted molar refractivity (Wildman–Crippen MR) is 87.3 cm³/mol. The lowest BCUT2D eigenvalue weighted by Gasteiger charge is -2.32. The van der Waals surface area contributed by atoms with E-state index in [-0.39, 0.29) is 10.5 Å². The van der Waals surface area contributed by atoms with Gasteiger partial charge in [-0.1, -0.05) is 74.5 Å². The fourth-order valence-corrected chi connectivity index (χ4v) is 3.97. The van der Waals surface area contributed by atoms with Crippen molar-refractivity contribution in [3.63, 3.8) is 0 Å². The van der Waals surface area contributed by atoms with Crippen molar-refractivity contribution in [3.05, 3.63) is 71.8 Å². The quantitative estimate of drug-likeness (QED) is 0.735. The van der Waals surface area contributed by atoms with Crippen LogP contribution in [0.3, 0.4) is 0 Å². The molecular formula is C17H17ClOS. The van der Waals surface area contributed by atoms with Crippen molar-refractivity contribution in [2.24, 2.45) is 0 Å². The van der Waals surface area contributed by atoms with Crippen LogP contribution in [0.5, 0.6) is 0 Å². The summed E-state index contributed by atoms with van der Waals surface area (Å²) in [4.78, 5) is 12.3. The molecule has 0 fully saturated rings. The highest BCUT2D eigenvalue weighted by molar-refractivity contribution is 8.01. The van der Waals surface area contributed by atoms with Crippen LogP contribution in [0.2, 0.25) is 0 Å². The van der Waals surface area contributed by atoms with E-state index in [4.69, 9.17) is 11.6 Å². The Labute approximate surface area is 129 Å². The summed E-state index contributed by atoms with van der Waals surface area (Å²) < 4.78 is -0.849. The molecule has 3 heteroatoms. The number of hydrogen-bond acceptors (Lipinski definition) is 2. The van der Waals surface area contributed by atoms with Gasteiger partial charge in [0, 0.05) is 5.25 Å². The molecule has 104 valence electrons. The first-order valence-electron chi connectivity index (χ1n) is 6.56. The Kier molecular flexibility index (Phi) is 4.90. The standard InChI is InChI=1S/C17H17ClOS/c1-13(2)20-17(16(18)19,14-9-5-3-6-10-14)15-11-7-4-8-12-15/h3-13H,1-2H3. The zero-order valence-electron chi connectivity index (χ0n) is 11.5. The van der Waals surface area contributed by atoms with Crippen LogP contribution in [0.4, 0.5) is 0 Å². The molecule has 0 radical (unpaired) electrons. The van der Waals surface area contributed by atoms with Gasteiger partial charge in [0.15, 0.2) is 0 Å². The summed E-state index contributed by atoms with van der Waals surface area (Å²) in [7, 11) is 0. The minimum absolute atomic E-state index is 0.276. The monoisotopic (exact) mass is 304 g/mol. The molecule has 0 aliphatic heterocycles. The molecule has 20 heavy (non-hydrogen) atoms. The van der Waals surface area contributed by atoms with E-state index in [0.29, 0.717) is 0 Å². The fraction of sp³-hybridized carbons (Fsp3) is 0.235. The van der Waals surface area contributed by atoms with Crippen molar-refractivity contribution in [3.8, 4) is 0 Å². The summed E-state index contributed by atoms with van der Waals surface area (Å²) in [6, 6.07) is 19.5. The molecule has 0 amide bonds. The second-order valence-electron chi connectivity index (χ2n) is 4.85. The Morgan fingerprint density at radius 1 is 0.950 bits per heavy atom. The van der Waals surface area contributed by atoms with Crippen molar-refractivity contribution in [2.45, 2.75) is 23.8 Å². The van der Waals surface area contributed by atoms with E-state index in [0.717, 1.165) is 11.1 Å². The Balaban J connectivity index is 2.66. The fourth-order valence-electron chi connectivity index (χ4n) is 2.28. The number of carbonyl (C=O) groups is 1. The molecule has 0 saturated heterocycles. The molecule has 0 aromatic heterocycles. The molecule has 0 bridgehead atoms. The molecule has 0 aliphatic carbocycles. The maximum absolute atomic E-state index is 12.3. The van der Waals surface area contributed by atoms with Crippen LogP contribution in [-0.4, -0.2) is 10.5 Å². The van der Waals surface area contributed by atoms with E-state index in [1.165, 1.54) is 0 Å². The maximum Gasteiger partial charge on any atom is 0.246 e. The summed E-state index contributed by atoms with van der Waals surface area (Å²) in [5.41, 5.74) is 1.84. The van der Waals surface area contributed by atoms with E-state index in [2.05, 4.69) is 13.8 Å². The summed E-state index contributed by atoms with van der Waals surface area (Å²) in [5.74, 6) is 0. The Morgan fingerprint density at radius 2 is 1.35 bits per heavy atom. The second-order valence-corrected chi connectivity index (χ2v) is 6.99. The van der Waals surface area contributed by atoms with Crippen molar-refractivity contribution in [1.29, 1.82) is 0 Å². The van der Waals surface area contributed by atoms with Gasteiger partial charge in [0.05, 0.1) is 0 Å². The minimum atomic E-state index is -0.849. The van der Waals surface area contributed by atoms with Crippen LogP contribution >= 0.6 is 23.4 Å². The average Bonchev–Trinajstić information content (AvgIpc) is 2.46. The van der Waals surface area contributed by atoms with Gasteiger partial charge in [0.1, 0.15) is 4.75 Å². The maximum atomic E-state index is 12.3. The molecule has 0 heterocycles. The van der Waals surface area contributed by atoms with Gasteiger partial charge in [-0.25, -0.2) is 0 Å². The molecule has 0 saturated carbocycles. The minimum Gasteiger partial charge on any atom is -0.279 e. The zero-order valence-corrected chi connectivity index (χ0v) is 13.1. The molecule has 2 rings (SSSR count). The molecule has 0 N–H and O–H groups in total. The van der Waals surface area contributed by atoms with E-state index in [1.807, 2.05) is 60.7 Å². The number of carbonyl (C=O) groups excluding carboxylic acids is 1. The third kappa shape index (κ3) is 2.92. The Hall–Kier alpha value is -1.25. The van der Waals surface area contributed by atoms with Gasteiger partial charge in [0.2, 0.25) is 5.24 Å². The van der Waals surface area contributed by atoms with Crippen LogP contribution in [0.15, 0.2) is 60.7 Å². The number of thioether (sulfide) groups is 1. The number of rotatable bonds is 5. The van der Waals surface area contributed by atoms with E-state index < -0.39 is 4.75 Å². The van der Waals surface area contributed by atoms with Crippen LogP contribution in [0.1, 0.15) is 25.0 Å². The van der Waals surface area contributed by atoms with Crippen LogP contribution in [0.25, 0.3) is 0 Å². The average molecular weight is 305 g/mol. The van der Waals surface area contributed by atoms with Crippen molar-refractivity contribution in [1.82, 2.24) is 0 Å². The van der Waals surface area contributed by atoms with Crippen LogP contribution in [0, 0.1) is 0 Å². The largest absolute Gasteiger partial charge is 0.279 e. The highest BCUT2D eigenvalue weighted by atomic mass is 35.5. The molecule has 0 unspecified atom stereocenters. The SMILES string of the molecule is CC(C)SC(C(=O)Cl)(c1ccccc1)c1ccccc1. The first-order valence-corrected chi connectivity index (χ1v) is 7.82. The topological polar surface area (TPSA) is 17.1 Å². The molecule has 0 aliphatic rings. The highest BCUT2D eigenvalue weighted by Crippen LogP contribution is 2.46. The van der Waals surface area contributed by atoms with Crippen LogP contribution < -0.4 is 0 Å². The first kappa shape index (κ1) is 15.1. The zero-order chi connectivity index (χ0) is 14.6. The van der Waals surface area contributed by atoms with Crippen molar-refractivity contribution in [2.75, 3.05) is 0 Å².